The maximum Gasteiger partial charge on any atom is 0.0722 e. The molecule has 0 spiro atoms. The number of aryl methyl sites for hydroxylation is 1. The van der Waals surface area contributed by atoms with E-state index in [0.717, 1.165) is 6.54 Å². The fraction of sp³-hybridized carbons (Fsp3) is 0.786. The smallest absolute Gasteiger partial charge is 0.0722 e. The molecule has 1 N–H and O–H groups in total. The summed E-state index contributed by atoms with van der Waals surface area (Å²) in [7, 11) is 2.00. The van der Waals surface area contributed by atoms with E-state index in [1.807, 2.05) is 11.7 Å². The SMILES string of the molecule is CCC(CC)NCc1cn(C)nc1C(C)(C)C. The molecule has 1 heterocycles. The Morgan fingerprint density at radius 3 is 2.35 bits per heavy atom. The van der Waals surface area contributed by atoms with Gasteiger partial charge >= 0.3 is 0 Å². The van der Waals surface area contributed by atoms with Gasteiger partial charge in [-0.25, -0.2) is 0 Å². The van der Waals surface area contributed by atoms with Crippen molar-refractivity contribution < 1.29 is 0 Å². The van der Waals surface area contributed by atoms with Crippen LogP contribution < -0.4 is 5.32 Å². The lowest BCUT2D eigenvalue weighted by atomic mass is 9.89. The lowest BCUT2D eigenvalue weighted by Crippen LogP contribution is -2.28. The Kier molecular flexibility index (Phi) is 4.75. The van der Waals surface area contributed by atoms with Gasteiger partial charge in [-0.2, -0.15) is 5.10 Å². The third kappa shape index (κ3) is 3.84. The van der Waals surface area contributed by atoms with E-state index in [2.05, 4.69) is 51.2 Å². The van der Waals surface area contributed by atoms with E-state index in [1.54, 1.807) is 0 Å². The second kappa shape index (κ2) is 5.67. The summed E-state index contributed by atoms with van der Waals surface area (Å²) in [6.45, 7) is 12.0. The Balaban J connectivity index is 2.77. The molecule has 0 saturated heterocycles. The number of hydrogen-bond donors (Lipinski definition) is 1. The summed E-state index contributed by atoms with van der Waals surface area (Å²) in [6, 6.07) is 0.614. The third-order valence-electron chi connectivity index (χ3n) is 3.18. The monoisotopic (exact) mass is 237 g/mol. The maximum atomic E-state index is 4.59. The van der Waals surface area contributed by atoms with Gasteiger partial charge in [0.25, 0.3) is 0 Å². The molecular weight excluding hydrogens is 210 g/mol. The third-order valence-corrected chi connectivity index (χ3v) is 3.18. The summed E-state index contributed by atoms with van der Waals surface area (Å²) in [6.07, 6.45) is 4.50. The van der Waals surface area contributed by atoms with Crippen molar-refractivity contribution in [1.82, 2.24) is 15.1 Å². The van der Waals surface area contributed by atoms with Crippen LogP contribution >= 0.6 is 0 Å². The minimum atomic E-state index is 0.117. The average Bonchev–Trinajstić information content (AvgIpc) is 2.61. The van der Waals surface area contributed by atoms with Crippen LogP contribution in [0.4, 0.5) is 0 Å². The second-order valence-corrected chi connectivity index (χ2v) is 5.82. The first-order valence-electron chi connectivity index (χ1n) is 6.64. The summed E-state index contributed by atoms with van der Waals surface area (Å²) >= 11 is 0. The molecule has 1 rings (SSSR count). The highest BCUT2D eigenvalue weighted by Crippen LogP contribution is 2.24. The van der Waals surface area contributed by atoms with Gasteiger partial charge < -0.3 is 5.32 Å². The van der Waals surface area contributed by atoms with Gasteiger partial charge in [0, 0.05) is 36.8 Å². The van der Waals surface area contributed by atoms with Gasteiger partial charge in [-0.15, -0.1) is 0 Å². The molecule has 0 amide bonds. The quantitative estimate of drug-likeness (QED) is 0.853. The minimum absolute atomic E-state index is 0.117. The lowest BCUT2D eigenvalue weighted by molar-refractivity contribution is 0.477. The number of hydrogen-bond acceptors (Lipinski definition) is 2. The van der Waals surface area contributed by atoms with Crippen LogP contribution in [0.1, 0.15) is 58.7 Å². The molecule has 1 aromatic heterocycles. The highest BCUT2D eigenvalue weighted by molar-refractivity contribution is 5.23. The van der Waals surface area contributed by atoms with Crippen LogP contribution in [0.15, 0.2) is 6.20 Å². The second-order valence-electron chi connectivity index (χ2n) is 5.82. The van der Waals surface area contributed by atoms with Crippen molar-refractivity contribution in [3.63, 3.8) is 0 Å². The topological polar surface area (TPSA) is 29.9 Å². The molecule has 3 nitrogen and oxygen atoms in total. The van der Waals surface area contributed by atoms with E-state index in [-0.39, 0.29) is 5.41 Å². The molecule has 0 bridgehead atoms. The summed E-state index contributed by atoms with van der Waals surface area (Å²) in [5.41, 5.74) is 2.65. The molecule has 0 aliphatic heterocycles. The van der Waals surface area contributed by atoms with Crippen molar-refractivity contribution in [2.75, 3.05) is 0 Å². The molecule has 3 heteroatoms. The molecule has 98 valence electrons. The number of aromatic nitrogens is 2. The molecular formula is C14H27N3. The van der Waals surface area contributed by atoms with E-state index < -0.39 is 0 Å². The standard InChI is InChI=1S/C14H27N3/c1-7-12(8-2)15-9-11-10-17(6)16-13(11)14(3,4)5/h10,12,15H,7-9H2,1-6H3. The van der Waals surface area contributed by atoms with Gasteiger partial charge in [0.1, 0.15) is 0 Å². The average molecular weight is 237 g/mol. The maximum absolute atomic E-state index is 4.59. The molecule has 0 aromatic carbocycles. The zero-order chi connectivity index (χ0) is 13.1. The zero-order valence-corrected chi connectivity index (χ0v) is 12.2. The first-order chi connectivity index (χ1) is 7.88. The van der Waals surface area contributed by atoms with Crippen molar-refractivity contribution in [2.45, 2.75) is 65.5 Å². The first kappa shape index (κ1) is 14.2. The lowest BCUT2D eigenvalue weighted by Gasteiger charge is -2.19. The number of nitrogens with one attached hydrogen (secondary N) is 1. The number of rotatable bonds is 5. The molecule has 0 atom stereocenters. The van der Waals surface area contributed by atoms with E-state index >= 15 is 0 Å². The van der Waals surface area contributed by atoms with E-state index in [0.29, 0.717) is 6.04 Å². The summed E-state index contributed by atoms with van der Waals surface area (Å²) in [4.78, 5) is 0. The first-order valence-corrected chi connectivity index (χ1v) is 6.64. The predicted octanol–water partition coefficient (Wildman–Crippen LogP) is 3.00. The van der Waals surface area contributed by atoms with Crippen molar-refractivity contribution >= 4 is 0 Å². The molecule has 0 saturated carbocycles. The van der Waals surface area contributed by atoms with E-state index in [4.69, 9.17) is 0 Å². The molecule has 0 unspecified atom stereocenters. The fourth-order valence-electron chi connectivity index (χ4n) is 2.13. The highest BCUT2D eigenvalue weighted by atomic mass is 15.3. The Labute approximate surface area is 106 Å². The normalized spacial score (nSPS) is 12.4. The summed E-state index contributed by atoms with van der Waals surface area (Å²) < 4.78 is 1.92. The van der Waals surface area contributed by atoms with Crippen LogP contribution in [0.5, 0.6) is 0 Å². The van der Waals surface area contributed by atoms with Gasteiger partial charge in [-0.05, 0) is 12.8 Å². The molecule has 1 aromatic rings. The van der Waals surface area contributed by atoms with Crippen molar-refractivity contribution in [3.8, 4) is 0 Å². The molecule has 0 radical (unpaired) electrons. The van der Waals surface area contributed by atoms with E-state index in [9.17, 15) is 0 Å². The number of nitrogens with zero attached hydrogens (tertiary/aromatic N) is 2. The van der Waals surface area contributed by atoms with Crippen LogP contribution in [0.3, 0.4) is 0 Å². The van der Waals surface area contributed by atoms with Crippen LogP contribution in [0.25, 0.3) is 0 Å². The van der Waals surface area contributed by atoms with Gasteiger partial charge in [-0.1, -0.05) is 34.6 Å². The van der Waals surface area contributed by atoms with Gasteiger partial charge in [0.2, 0.25) is 0 Å². The van der Waals surface area contributed by atoms with Crippen LogP contribution in [0, 0.1) is 0 Å². The zero-order valence-electron chi connectivity index (χ0n) is 12.2. The van der Waals surface area contributed by atoms with Crippen LogP contribution in [0.2, 0.25) is 0 Å². The Morgan fingerprint density at radius 1 is 1.29 bits per heavy atom. The van der Waals surface area contributed by atoms with Crippen molar-refractivity contribution in [1.29, 1.82) is 0 Å². The molecule has 0 fully saturated rings. The Morgan fingerprint density at radius 2 is 1.88 bits per heavy atom. The molecule has 0 aliphatic carbocycles. The van der Waals surface area contributed by atoms with Gasteiger partial charge in [0.15, 0.2) is 0 Å². The minimum Gasteiger partial charge on any atom is -0.310 e. The summed E-state index contributed by atoms with van der Waals surface area (Å²) in [5.74, 6) is 0. The fourth-order valence-corrected chi connectivity index (χ4v) is 2.13. The van der Waals surface area contributed by atoms with Crippen LogP contribution in [-0.4, -0.2) is 15.8 Å². The van der Waals surface area contributed by atoms with Gasteiger partial charge in [0.05, 0.1) is 5.69 Å². The Hall–Kier alpha value is -0.830. The highest BCUT2D eigenvalue weighted by Gasteiger charge is 2.21. The van der Waals surface area contributed by atoms with Gasteiger partial charge in [-0.3, -0.25) is 4.68 Å². The predicted molar refractivity (Wildman–Crippen MR) is 73.1 cm³/mol. The van der Waals surface area contributed by atoms with E-state index in [1.165, 1.54) is 24.1 Å². The largest absolute Gasteiger partial charge is 0.310 e. The summed E-state index contributed by atoms with van der Waals surface area (Å²) in [5, 5.41) is 8.20. The van der Waals surface area contributed by atoms with Crippen LogP contribution in [-0.2, 0) is 19.0 Å². The van der Waals surface area contributed by atoms with Crippen molar-refractivity contribution in [3.05, 3.63) is 17.5 Å². The molecule has 0 aliphatic rings. The van der Waals surface area contributed by atoms with Crippen molar-refractivity contribution in [2.24, 2.45) is 7.05 Å². The Bertz CT molecular complexity index is 343. The molecule has 17 heavy (non-hydrogen) atoms.